The van der Waals surface area contributed by atoms with E-state index in [1.807, 2.05) is 6.07 Å². The van der Waals surface area contributed by atoms with Crippen LogP contribution in [0.2, 0.25) is 0 Å². The van der Waals surface area contributed by atoms with Crippen molar-refractivity contribution in [2.75, 3.05) is 11.9 Å². The number of aromatic nitrogens is 1. The molecule has 5 heteroatoms. The summed E-state index contributed by atoms with van der Waals surface area (Å²) in [4.78, 5) is 17.7. The van der Waals surface area contributed by atoms with Crippen LogP contribution in [-0.2, 0) is 6.42 Å². The minimum atomic E-state index is -0.352. The van der Waals surface area contributed by atoms with E-state index in [2.05, 4.69) is 4.98 Å². The highest BCUT2D eigenvalue weighted by Crippen LogP contribution is 2.16. The normalized spacial score (nSPS) is 9.85. The Hall–Kier alpha value is -2.74. The van der Waals surface area contributed by atoms with Crippen molar-refractivity contribution in [3.63, 3.8) is 0 Å². The minimum absolute atomic E-state index is 0.154. The van der Waals surface area contributed by atoms with Gasteiger partial charge in [0, 0.05) is 24.5 Å². The smallest absolute Gasteiger partial charge is 0.258 e. The van der Waals surface area contributed by atoms with Gasteiger partial charge in [-0.25, -0.2) is 4.39 Å². The number of carbonyl (C=O) groups excluding carboxylic acids is 1. The van der Waals surface area contributed by atoms with Gasteiger partial charge in [0.1, 0.15) is 5.82 Å². The number of hydrogen-bond donors (Lipinski definition) is 0. The van der Waals surface area contributed by atoms with Crippen LogP contribution in [0, 0.1) is 17.1 Å². The number of halogens is 1. The topological polar surface area (TPSA) is 57.0 Å². The van der Waals surface area contributed by atoms with Gasteiger partial charge in [0.05, 0.1) is 18.2 Å². The first-order chi connectivity index (χ1) is 9.61. The van der Waals surface area contributed by atoms with Crippen LogP contribution in [0.5, 0.6) is 0 Å². The number of nitrogens with zero attached hydrogens (tertiary/aromatic N) is 3. The molecule has 100 valence electrons. The maximum atomic E-state index is 12.9. The number of anilines is 1. The Kier molecular flexibility index (Phi) is 4.06. The van der Waals surface area contributed by atoms with E-state index in [0.717, 1.165) is 0 Å². The predicted octanol–water partition coefficient (Wildman–Crippen LogP) is 2.56. The average molecular weight is 269 g/mol. The SMILES string of the molecule is CN(C(=O)c1ccnc(CC#N)c1)c1ccc(F)cc1. The molecule has 1 heterocycles. The maximum Gasteiger partial charge on any atom is 0.258 e. The Bertz CT molecular complexity index is 662. The molecule has 0 atom stereocenters. The predicted molar refractivity (Wildman–Crippen MR) is 72.7 cm³/mol. The second kappa shape index (κ2) is 5.93. The van der Waals surface area contributed by atoms with Crippen LogP contribution in [0.15, 0.2) is 42.6 Å². The number of rotatable bonds is 3. The van der Waals surface area contributed by atoms with E-state index < -0.39 is 0 Å². The molecule has 1 amide bonds. The van der Waals surface area contributed by atoms with Crippen LogP contribution < -0.4 is 4.90 Å². The van der Waals surface area contributed by atoms with Gasteiger partial charge >= 0.3 is 0 Å². The molecule has 0 bridgehead atoms. The average Bonchev–Trinajstić information content (AvgIpc) is 2.47. The van der Waals surface area contributed by atoms with E-state index in [1.54, 1.807) is 19.2 Å². The summed E-state index contributed by atoms with van der Waals surface area (Å²) in [7, 11) is 1.61. The second-order valence-corrected chi connectivity index (χ2v) is 4.21. The summed E-state index contributed by atoms with van der Waals surface area (Å²) in [6, 6.07) is 10.8. The van der Waals surface area contributed by atoms with Gasteiger partial charge in [-0.15, -0.1) is 0 Å². The molecule has 0 aliphatic heterocycles. The zero-order valence-electron chi connectivity index (χ0n) is 10.9. The summed E-state index contributed by atoms with van der Waals surface area (Å²) < 4.78 is 12.9. The molecule has 0 saturated carbocycles. The first kappa shape index (κ1) is 13.7. The van der Waals surface area contributed by atoms with Crippen LogP contribution >= 0.6 is 0 Å². The highest BCUT2D eigenvalue weighted by atomic mass is 19.1. The van der Waals surface area contributed by atoms with Crippen molar-refractivity contribution in [3.05, 3.63) is 59.7 Å². The van der Waals surface area contributed by atoms with Crippen LogP contribution in [0.25, 0.3) is 0 Å². The lowest BCUT2D eigenvalue weighted by Crippen LogP contribution is -2.26. The van der Waals surface area contributed by atoms with E-state index in [0.29, 0.717) is 16.9 Å². The largest absolute Gasteiger partial charge is 0.311 e. The van der Waals surface area contributed by atoms with Crippen molar-refractivity contribution in [1.82, 2.24) is 4.98 Å². The number of nitriles is 1. The molecular formula is C15H12FN3O. The molecular weight excluding hydrogens is 257 g/mol. The van der Waals surface area contributed by atoms with Gasteiger partial charge < -0.3 is 4.90 Å². The summed E-state index contributed by atoms with van der Waals surface area (Å²) in [5.74, 6) is -0.590. The number of benzene rings is 1. The van der Waals surface area contributed by atoms with E-state index in [9.17, 15) is 9.18 Å². The van der Waals surface area contributed by atoms with Crippen molar-refractivity contribution in [1.29, 1.82) is 5.26 Å². The molecule has 2 rings (SSSR count). The molecule has 0 spiro atoms. The van der Waals surface area contributed by atoms with E-state index in [1.165, 1.54) is 35.4 Å². The maximum absolute atomic E-state index is 12.9. The lowest BCUT2D eigenvalue weighted by molar-refractivity contribution is 0.0993. The lowest BCUT2D eigenvalue weighted by Gasteiger charge is -2.17. The molecule has 0 aliphatic carbocycles. The Balaban J connectivity index is 2.24. The molecule has 1 aromatic heterocycles. The fraction of sp³-hybridized carbons (Fsp3) is 0.133. The third-order valence-corrected chi connectivity index (χ3v) is 2.84. The zero-order valence-corrected chi connectivity index (χ0v) is 10.9. The molecule has 0 saturated heterocycles. The summed E-state index contributed by atoms with van der Waals surface area (Å²) in [5.41, 5.74) is 1.58. The first-order valence-corrected chi connectivity index (χ1v) is 5.97. The van der Waals surface area contributed by atoms with Gasteiger partial charge in [-0.1, -0.05) is 0 Å². The van der Waals surface area contributed by atoms with Crippen molar-refractivity contribution < 1.29 is 9.18 Å². The Labute approximate surface area is 116 Å². The molecule has 0 aliphatic rings. The molecule has 20 heavy (non-hydrogen) atoms. The third-order valence-electron chi connectivity index (χ3n) is 2.84. The van der Waals surface area contributed by atoms with Crippen molar-refractivity contribution in [3.8, 4) is 6.07 Å². The van der Waals surface area contributed by atoms with Crippen molar-refractivity contribution in [2.24, 2.45) is 0 Å². The molecule has 1 aromatic carbocycles. The summed E-state index contributed by atoms with van der Waals surface area (Å²) in [5, 5.41) is 8.64. The van der Waals surface area contributed by atoms with Gasteiger partial charge in [0.25, 0.3) is 5.91 Å². The molecule has 4 nitrogen and oxygen atoms in total. The van der Waals surface area contributed by atoms with E-state index in [-0.39, 0.29) is 18.1 Å². The molecule has 2 aromatic rings. The molecule has 0 fully saturated rings. The highest BCUT2D eigenvalue weighted by Gasteiger charge is 2.14. The standard InChI is InChI=1S/C15H12FN3O/c1-19(14-4-2-12(16)3-5-14)15(20)11-7-9-18-13(10-11)6-8-17/h2-5,7,9-10H,6H2,1H3. The third kappa shape index (κ3) is 2.98. The summed E-state index contributed by atoms with van der Waals surface area (Å²) in [6.07, 6.45) is 1.65. The number of pyridine rings is 1. The van der Waals surface area contributed by atoms with Crippen LogP contribution in [0.4, 0.5) is 10.1 Å². The number of hydrogen-bond acceptors (Lipinski definition) is 3. The lowest BCUT2D eigenvalue weighted by atomic mass is 10.1. The van der Waals surface area contributed by atoms with Crippen molar-refractivity contribution >= 4 is 11.6 Å². The Morgan fingerprint density at radius 1 is 1.35 bits per heavy atom. The first-order valence-electron chi connectivity index (χ1n) is 5.97. The molecule has 0 N–H and O–H groups in total. The zero-order chi connectivity index (χ0) is 14.5. The summed E-state index contributed by atoms with van der Waals surface area (Å²) in [6.45, 7) is 0. The van der Waals surface area contributed by atoms with E-state index >= 15 is 0 Å². The van der Waals surface area contributed by atoms with Crippen molar-refractivity contribution in [2.45, 2.75) is 6.42 Å². The fourth-order valence-corrected chi connectivity index (χ4v) is 1.76. The summed E-state index contributed by atoms with van der Waals surface area (Å²) >= 11 is 0. The van der Waals surface area contributed by atoms with Crippen LogP contribution in [0.1, 0.15) is 16.1 Å². The molecule has 0 unspecified atom stereocenters. The second-order valence-electron chi connectivity index (χ2n) is 4.21. The number of amides is 1. The molecule has 0 radical (unpaired) electrons. The number of carbonyl (C=O) groups is 1. The van der Waals surface area contributed by atoms with E-state index in [4.69, 9.17) is 5.26 Å². The minimum Gasteiger partial charge on any atom is -0.311 e. The van der Waals surface area contributed by atoms with Gasteiger partial charge in [0.2, 0.25) is 0 Å². The quantitative estimate of drug-likeness (QED) is 0.860. The highest BCUT2D eigenvalue weighted by molar-refractivity contribution is 6.05. The van der Waals surface area contributed by atoms with Gasteiger partial charge in [-0.3, -0.25) is 9.78 Å². The Morgan fingerprint density at radius 2 is 2.05 bits per heavy atom. The monoisotopic (exact) mass is 269 g/mol. The van der Waals surface area contributed by atoms with Crippen LogP contribution in [-0.4, -0.2) is 17.9 Å². The Morgan fingerprint density at radius 3 is 2.70 bits per heavy atom. The van der Waals surface area contributed by atoms with Gasteiger partial charge in [-0.05, 0) is 36.4 Å². The fourth-order valence-electron chi connectivity index (χ4n) is 1.76. The van der Waals surface area contributed by atoms with Gasteiger partial charge in [-0.2, -0.15) is 5.26 Å². The van der Waals surface area contributed by atoms with Crippen LogP contribution in [0.3, 0.4) is 0 Å². The van der Waals surface area contributed by atoms with Gasteiger partial charge in [0.15, 0.2) is 0 Å².